The first-order valence-electron chi connectivity index (χ1n) is 6.00. The molecule has 1 aliphatic carbocycles. The van der Waals surface area contributed by atoms with Crippen molar-refractivity contribution >= 4 is 5.97 Å². The van der Waals surface area contributed by atoms with Gasteiger partial charge in [0.2, 0.25) is 0 Å². The van der Waals surface area contributed by atoms with Crippen LogP contribution in [-0.2, 0) is 9.53 Å². The van der Waals surface area contributed by atoms with Crippen molar-refractivity contribution < 1.29 is 9.53 Å². The van der Waals surface area contributed by atoms with E-state index in [1.54, 1.807) is 0 Å². The van der Waals surface area contributed by atoms with E-state index in [0.29, 0.717) is 6.42 Å². The zero-order valence-electron chi connectivity index (χ0n) is 10.7. The SMILES string of the molecule is CCCC[C@H]1C[C@@]1(C#N)C(=O)OC(C)(C)C. The Bertz CT molecular complexity index is 311. The van der Waals surface area contributed by atoms with E-state index in [-0.39, 0.29) is 11.9 Å². The van der Waals surface area contributed by atoms with E-state index in [4.69, 9.17) is 10.00 Å². The summed E-state index contributed by atoms with van der Waals surface area (Å²) in [5.74, 6) is -0.115. The molecule has 1 fully saturated rings. The second-order valence-corrected chi connectivity index (χ2v) is 5.63. The summed E-state index contributed by atoms with van der Waals surface area (Å²) in [4.78, 5) is 11.9. The van der Waals surface area contributed by atoms with Crippen LogP contribution in [0.4, 0.5) is 0 Å². The fourth-order valence-corrected chi connectivity index (χ4v) is 1.93. The molecule has 0 heterocycles. The quantitative estimate of drug-likeness (QED) is 0.688. The van der Waals surface area contributed by atoms with E-state index < -0.39 is 11.0 Å². The number of hydrogen-bond acceptors (Lipinski definition) is 3. The van der Waals surface area contributed by atoms with Crippen LogP contribution in [0.5, 0.6) is 0 Å². The molecule has 0 aromatic rings. The molecule has 0 radical (unpaired) electrons. The summed E-state index contributed by atoms with van der Waals surface area (Å²) in [6, 6.07) is 2.16. The molecular formula is C13H21NO2. The molecule has 1 aliphatic rings. The highest BCUT2D eigenvalue weighted by Gasteiger charge is 2.62. The van der Waals surface area contributed by atoms with Gasteiger partial charge in [-0.3, -0.25) is 4.79 Å². The number of nitriles is 1. The molecule has 0 N–H and O–H groups in total. The first-order valence-corrected chi connectivity index (χ1v) is 6.00. The smallest absolute Gasteiger partial charge is 0.327 e. The van der Waals surface area contributed by atoms with Gasteiger partial charge in [0.25, 0.3) is 0 Å². The molecule has 2 atom stereocenters. The van der Waals surface area contributed by atoms with Crippen molar-refractivity contribution in [1.82, 2.24) is 0 Å². The fourth-order valence-electron chi connectivity index (χ4n) is 1.93. The van der Waals surface area contributed by atoms with Crippen LogP contribution in [0.15, 0.2) is 0 Å². The number of esters is 1. The van der Waals surface area contributed by atoms with E-state index in [1.165, 1.54) is 0 Å². The molecule has 0 bridgehead atoms. The monoisotopic (exact) mass is 223 g/mol. The van der Waals surface area contributed by atoms with Gasteiger partial charge in [0.15, 0.2) is 5.41 Å². The molecule has 0 saturated heterocycles. The summed E-state index contributed by atoms with van der Waals surface area (Å²) >= 11 is 0. The lowest BCUT2D eigenvalue weighted by Crippen LogP contribution is -2.30. The highest BCUT2D eigenvalue weighted by molar-refractivity contribution is 5.84. The number of ether oxygens (including phenoxy) is 1. The van der Waals surface area contributed by atoms with Crippen LogP contribution in [0.1, 0.15) is 53.4 Å². The predicted molar refractivity (Wildman–Crippen MR) is 61.5 cm³/mol. The molecule has 0 aliphatic heterocycles. The summed E-state index contributed by atoms with van der Waals surface area (Å²) < 4.78 is 5.30. The maximum absolute atomic E-state index is 11.9. The standard InChI is InChI=1S/C13H21NO2/c1-5-6-7-10-8-13(10,9-14)11(15)16-12(2,3)4/h10H,5-8H2,1-4H3/t10-,13-/m0/s1. The summed E-state index contributed by atoms with van der Waals surface area (Å²) in [6.07, 6.45) is 3.82. The third-order valence-corrected chi connectivity index (χ3v) is 2.97. The van der Waals surface area contributed by atoms with E-state index in [0.717, 1.165) is 19.3 Å². The van der Waals surface area contributed by atoms with Gasteiger partial charge in [-0.25, -0.2) is 0 Å². The van der Waals surface area contributed by atoms with Crippen LogP contribution in [0.2, 0.25) is 0 Å². The number of rotatable bonds is 4. The number of carbonyl (C=O) groups is 1. The van der Waals surface area contributed by atoms with Crippen molar-refractivity contribution in [2.45, 2.75) is 59.0 Å². The van der Waals surface area contributed by atoms with Crippen LogP contribution in [0.3, 0.4) is 0 Å². The molecule has 0 amide bonds. The molecule has 90 valence electrons. The van der Waals surface area contributed by atoms with Crippen molar-refractivity contribution in [3.8, 4) is 6.07 Å². The molecule has 3 heteroatoms. The van der Waals surface area contributed by atoms with Crippen molar-refractivity contribution in [2.24, 2.45) is 11.3 Å². The minimum Gasteiger partial charge on any atom is -0.459 e. The summed E-state index contributed by atoms with van der Waals surface area (Å²) in [7, 11) is 0. The molecule has 3 nitrogen and oxygen atoms in total. The molecule has 0 unspecified atom stereocenters. The van der Waals surface area contributed by atoms with E-state index in [2.05, 4.69) is 13.0 Å². The highest BCUT2D eigenvalue weighted by atomic mass is 16.6. The Morgan fingerprint density at radius 2 is 2.19 bits per heavy atom. The molecule has 0 spiro atoms. The Balaban J connectivity index is 2.58. The van der Waals surface area contributed by atoms with Crippen molar-refractivity contribution in [2.75, 3.05) is 0 Å². The summed E-state index contributed by atoms with van der Waals surface area (Å²) in [5, 5.41) is 9.14. The average Bonchev–Trinajstić information content (AvgIpc) is 2.87. The van der Waals surface area contributed by atoms with Crippen LogP contribution < -0.4 is 0 Å². The second kappa shape index (κ2) is 4.45. The highest BCUT2D eigenvalue weighted by Crippen LogP contribution is 2.55. The zero-order chi connectivity index (χ0) is 12.4. The summed E-state index contributed by atoms with van der Waals surface area (Å²) in [6.45, 7) is 7.61. The Kier molecular flexibility index (Phi) is 3.62. The van der Waals surface area contributed by atoms with Gasteiger partial charge in [-0.15, -0.1) is 0 Å². The second-order valence-electron chi connectivity index (χ2n) is 5.63. The van der Waals surface area contributed by atoms with Gasteiger partial charge in [-0.1, -0.05) is 19.8 Å². The number of unbranched alkanes of at least 4 members (excludes halogenated alkanes) is 1. The number of nitrogens with zero attached hydrogens (tertiary/aromatic N) is 1. The van der Waals surface area contributed by atoms with Gasteiger partial charge in [-0.05, 0) is 39.5 Å². The first kappa shape index (κ1) is 13.0. The fraction of sp³-hybridized carbons (Fsp3) is 0.846. The minimum atomic E-state index is -0.831. The van der Waals surface area contributed by atoms with Gasteiger partial charge >= 0.3 is 5.97 Å². The van der Waals surface area contributed by atoms with E-state index >= 15 is 0 Å². The Hall–Kier alpha value is -1.04. The van der Waals surface area contributed by atoms with Crippen LogP contribution in [0, 0.1) is 22.7 Å². The Morgan fingerprint density at radius 3 is 2.62 bits per heavy atom. The molecular weight excluding hydrogens is 202 g/mol. The van der Waals surface area contributed by atoms with Crippen LogP contribution >= 0.6 is 0 Å². The average molecular weight is 223 g/mol. The van der Waals surface area contributed by atoms with Gasteiger partial charge in [0, 0.05) is 0 Å². The maximum atomic E-state index is 11.9. The first-order chi connectivity index (χ1) is 7.35. The van der Waals surface area contributed by atoms with Crippen molar-refractivity contribution in [3.63, 3.8) is 0 Å². The van der Waals surface area contributed by atoms with Gasteiger partial charge in [-0.2, -0.15) is 5.26 Å². The molecule has 1 saturated carbocycles. The van der Waals surface area contributed by atoms with Gasteiger partial charge in [0.1, 0.15) is 5.60 Å². The van der Waals surface area contributed by atoms with Crippen molar-refractivity contribution in [3.05, 3.63) is 0 Å². The third-order valence-electron chi connectivity index (χ3n) is 2.97. The molecule has 16 heavy (non-hydrogen) atoms. The lowest BCUT2D eigenvalue weighted by Gasteiger charge is -2.21. The largest absolute Gasteiger partial charge is 0.459 e. The lowest BCUT2D eigenvalue weighted by molar-refractivity contribution is -0.159. The van der Waals surface area contributed by atoms with Crippen molar-refractivity contribution in [1.29, 1.82) is 5.26 Å². The van der Waals surface area contributed by atoms with Gasteiger partial charge < -0.3 is 4.74 Å². The number of hydrogen-bond donors (Lipinski definition) is 0. The molecule has 0 aromatic carbocycles. The van der Waals surface area contributed by atoms with E-state index in [9.17, 15) is 4.79 Å². The Labute approximate surface area is 97.8 Å². The lowest BCUT2D eigenvalue weighted by atomic mass is 10.0. The predicted octanol–water partition coefficient (Wildman–Crippen LogP) is 3.05. The molecule has 0 aromatic heterocycles. The van der Waals surface area contributed by atoms with Crippen LogP contribution in [0.25, 0.3) is 0 Å². The maximum Gasteiger partial charge on any atom is 0.327 e. The normalized spacial score (nSPS) is 28.3. The third kappa shape index (κ3) is 2.75. The van der Waals surface area contributed by atoms with Crippen LogP contribution in [-0.4, -0.2) is 11.6 Å². The zero-order valence-corrected chi connectivity index (χ0v) is 10.7. The minimum absolute atomic E-state index is 0.215. The summed E-state index contributed by atoms with van der Waals surface area (Å²) in [5.41, 5.74) is -1.33. The molecule has 1 rings (SSSR count). The number of carbonyl (C=O) groups excluding carboxylic acids is 1. The topological polar surface area (TPSA) is 50.1 Å². The van der Waals surface area contributed by atoms with Gasteiger partial charge in [0.05, 0.1) is 6.07 Å². The van der Waals surface area contributed by atoms with E-state index in [1.807, 2.05) is 20.8 Å². The Morgan fingerprint density at radius 1 is 1.56 bits per heavy atom.